The summed E-state index contributed by atoms with van der Waals surface area (Å²) in [6, 6.07) is 9.12. The van der Waals surface area contributed by atoms with E-state index in [-0.39, 0.29) is 11.9 Å². The smallest absolute Gasteiger partial charge is 0.249 e. The molecule has 7 heteroatoms. The zero-order valence-corrected chi connectivity index (χ0v) is 19.6. The fourth-order valence-electron chi connectivity index (χ4n) is 5.35. The number of ether oxygens (including phenoxy) is 2. The summed E-state index contributed by atoms with van der Waals surface area (Å²) < 4.78 is 25.7. The molecule has 1 aliphatic carbocycles. The number of carbonyl (C=O) groups excluding carboxylic acids is 1. The standard InChI is InChI=1S/C27H32FN3O3/c1-2-33-25-11-9-21(27(29)32)23-14-20(16-34-26(23)25)31(19-6-3-7-19)12-4-5-17-15-30-24-10-8-18(28)13-22(17)24/h8-11,13,15,19-20,30H,2-7,12,14,16H2,1H3,(H2,29,32). The molecule has 3 N–H and O–H groups in total. The van der Waals surface area contributed by atoms with Crippen LogP contribution >= 0.6 is 0 Å². The summed E-state index contributed by atoms with van der Waals surface area (Å²) in [6.45, 7) is 3.94. The third kappa shape index (κ3) is 4.37. The third-order valence-electron chi connectivity index (χ3n) is 7.25. The van der Waals surface area contributed by atoms with E-state index in [4.69, 9.17) is 15.2 Å². The Morgan fingerprint density at radius 1 is 1.26 bits per heavy atom. The van der Waals surface area contributed by atoms with Crippen molar-refractivity contribution in [3.8, 4) is 11.5 Å². The highest BCUT2D eigenvalue weighted by molar-refractivity contribution is 5.95. The number of aryl methyl sites for hydroxylation is 1. The summed E-state index contributed by atoms with van der Waals surface area (Å²) in [6.07, 6.45) is 8.15. The molecule has 1 atom stereocenters. The van der Waals surface area contributed by atoms with Crippen molar-refractivity contribution in [3.05, 3.63) is 59.0 Å². The average molecular weight is 466 g/mol. The molecule has 1 fully saturated rings. The number of rotatable bonds is 9. The second kappa shape index (κ2) is 9.66. The number of nitrogens with two attached hydrogens (primary N) is 1. The number of hydrogen-bond donors (Lipinski definition) is 2. The van der Waals surface area contributed by atoms with Gasteiger partial charge in [-0.1, -0.05) is 6.42 Å². The fraction of sp³-hybridized carbons (Fsp3) is 0.444. The van der Waals surface area contributed by atoms with Crippen molar-refractivity contribution in [2.24, 2.45) is 5.73 Å². The van der Waals surface area contributed by atoms with Gasteiger partial charge in [0, 0.05) is 40.3 Å². The molecular weight excluding hydrogens is 433 g/mol. The van der Waals surface area contributed by atoms with Gasteiger partial charge in [0.1, 0.15) is 12.4 Å². The number of benzene rings is 2. The Balaban J connectivity index is 1.33. The highest BCUT2D eigenvalue weighted by atomic mass is 19.1. The molecule has 180 valence electrons. The highest BCUT2D eigenvalue weighted by Gasteiger charge is 2.35. The van der Waals surface area contributed by atoms with E-state index in [0.29, 0.717) is 42.7 Å². The van der Waals surface area contributed by atoms with Crippen LogP contribution in [-0.2, 0) is 12.8 Å². The number of amides is 1. The maximum absolute atomic E-state index is 13.8. The molecule has 5 rings (SSSR count). The number of fused-ring (bicyclic) bond motifs is 2. The first-order valence-corrected chi connectivity index (χ1v) is 12.3. The molecule has 1 unspecified atom stereocenters. The van der Waals surface area contributed by atoms with E-state index < -0.39 is 5.91 Å². The molecule has 0 saturated heterocycles. The van der Waals surface area contributed by atoms with E-state index >= 15 is 0 Å². The lowest BCUT2D eigenvalue weighted by molar-refractivity contribution is 0.0424. The number of carbonyl (C=O) groups is 1. The van der Waals surface area contributed by atoms with Crippen molar-refractivity contribution < 1.29 is 18.7 Å². The maximum Gasteiger partial charge on any atom is 0.249 e. The third-order valence-corrected chi connectivity index (χ3v) is 7.25. The van der Waals surface area contributed by atoms with E-state index in [1.54, 1.807) is 24.3 Å². The monoisotopic (exact) mass is 465 g/mol. The van der Waals surface area contributed by atoms with Crippen LogP contribution in [0.5, 0.6) is 11.5 Å². The average Bonchev–Trinajstić information content (AvgIpc) is 3.19. The summed E-state index contributed by atoms with van der Waals surface area (Å²) in [5.74, 6) is 0.677. The first-order valence-electron chi connectivity index (χ1n) is 12.3. The van der Waals surface area contributed by atoms with Gasteiger partial charge in [-0.2, -0.15) is 0 Å². The van der Waals surface area contributed by atoms with E-state index in [0.717, 1.165) is 41.4 Å². The van der Waals surface area contributed by atoms with Gasteiger partial charge in [-0.25, -0.2) is 4.39 Å². The number of primary amides is 1. The van der Waals surface area contributed by atoms with Crippen LogP contribution in [0.25, 0.3) is 10.9 Å². The maximum atomic E-state index is 13.8. The second-order valence-corrected chi connectivity index (χ2v) is 9.32. The molecule has 2 heterocycles. The van der Waals surface area contributed by atoms with Crippen molar-refractivity contribution in [1.82, 2.24) is 9.88 Å². The summed E-state index contributed by atoms with van der Waals surface area (Å²) in [4.78, 5) is 17.9. The minimum Gasteiger partial charge on any atom is -0.490 e. The van der Waals surface area contributed by atoms with Gasteiger partial charge >= 0.3 is 0 Å². The van der Waals surface area contributed by atoms with Crippen LogP contribution in [0.1, 0.15) is 54.1 Å². The molecule has 6 nitrogen and oxygen atoms in total. The van der Waals surface area contributed by atoms with Crippen LogP contribution < -0.4 is 15.2 Å². The van der Waals surface area contributed by atoms with E-state index in [2.05, 4.69) is 9.88 Å². The molecule has 0 spiro atoms. The van der Waals surface area contributed by atoms with Crippen molar-refractivity contribution >= 4 is 16.8 Å². The van der Waals surface area contributed by atoms with Gasteiger partial charge in [0.2, 0.25) is 5.91 Å². The van der Waals surface area contributed by atoms with Crippen LogP contribution in [0.15, 0.2) is 36.5 Å². The molecule has 1 aromatic heterocycles. The van der Waals surface area contributed by atoms with Crippen molar-refractivity contribution in [3.63, 3.8) is 0 Å². The number of H-pyrrole nitrogens is 1. The zero-order valence-electron chi connectivity index (χ0n) is 19.6. The summed E-state index contributed by atoms with van der Waals surface area (Å²) in [7, 11) is 0. The van der Waals surface area contributed by atoms with Crippen LogP contribution in [0.2, 0.25) is 0 Å². The number of nitrogens with one attached hydrogen (secondary N) is 1. The molecule has 1 aliphatic heterocycles. The number of halogens is 1. The topological polar surface area (TPSA) is 80.6 Å². The normalized spacial score (nSPS) is 17.9. The van der Waals surface area contributed by atoms with Gasteiger partial charge in [-0.05, 0) is 81.5 Å². The van der Waals surface area contributed by atoms with Crippen LogP contribution in [-0.4, -0.2) is 47.6 Å². The lowest BCUT2D eigenvalue weighted by Gasteiger charge is -2.44. The quantitative estimate of drug-likeness (QED) is 0.484. The van der Waals surface area contributed by atoms with Gasteiger partial charge in [-0.15, -0.1) is 0 Å². The molecule has 0 bridgehead atoms. The van der Waals surface area contributed by atoms with Gasteiger partial charge in [0.05, 0.1) is 6.61 Å². The zero-order chi connectivity index (χ0) is 23.7. The van der Waals surface area contributed by atoms with Crippen LogP contribution in [0.3, 0.4) is 0 Å². The first-order chi connectivity index (χ1) is 16.5. The molecule has 0 radical (unpaired) electrons. The Morgan fingerprint density at radius 2 is 2.12 bits per heavy atom. The molecule has 3 aromatic rings. The molecule has 34 heavy (non-hydrogen) atoms. The second-order valence-electron chi connectivity index (χ2n) is 9.32. The largest absolute Gasteiger partial charge is 0.490 e. The van der Waals surface area contributed by atoms with E-state index in [1.807, 2.05) is 13.1 Å². The Hall–Kier alpha value is -3.06. The Morgan fingerprint density at radius 3 is 2.85 bits per heavy atom. The summed E-state index contributed by atoms with van der Waals surface area (Å²) in [5, 5.41) is 0.958. The summed E-state index contributed by atoms with van der Waals surface area (Å²) >= 11 is 0. The first kappa shape index (κ1) is 22.7. The predicted molar refractivity (Wildman–Crippen MR) is 130 cm³/mol. The lowest BCUT2D eigenvalue weighted by Crippen LogP contribution is -2.51. The minimum absolute atomic E-state index is 0.174. The van der Waals surface area contributed by atoms with Crippen LogP contribution in [0.4, 0.5) is 4.39 Å². The van der Waals surface area contributed by atoms with Gasteiger partial charge < -0.3 is 20.2 Å². The van der Waals surface area contributed by atoms with Crippen molar-refractivity contribution in [2.75, 3.05) is 19.8 Å². The SMILES string of the molecule is CCOc1ccc(C(N)=O)c2c1OCC(N(CCCc1c[nH]c3ccc(F)cc13)C1CCC1)C2. The molecule has 2 aliphatic rings. The van der Waals surface area contributed by atoms with Crippen LogP contribution in [0, 0.1) is 5.82 Å². The minimum atomic E-state index is -0.440. The number of aromatic nitrogens is 1. The highest BCUT2D eigenvalue weighted by Crippen LogP contribution is 2.39. The number of nitrogens with zero attached hydrogens (tertiary/aromatic N) is 1. The van der Waals surface area contributed by atoms with Crippen molar-refractivity contribution in [1.29, 1.82) is 0 Å². The Labute approximate surface area is 199 Å². The fourth-order valence-corrected chi connectivity index (χ4v) is 5.35. The number of hydrogen-bond acceptors (Lipinski definition) is 4. The molecule has 1 saturated carbocycles. The Bertz CT molecular complexity index is 1190. The number of aromatic amines is 1. The van der Waals surface area contributed by atoms with Gasteiger partial charge in [0.25, 0.3) is 0 Å². The Kier molecular flexibility index (Phi) is 6.46. The van der Waals surface area contributed by atoms with E-state index in [1.165, 1.54) is 25.3 Å². The molecule has 1 amide bonds. The molecule has 2 aromatic carbocycles. The van der Waals surface area contributed by atoms with E-state index in [9.17, 15) is 9.18 Å². The molecular formula is C27H32FN3O3. The summed E-state index contributed by atoms with van der Waals surface area (Å²) in [5.41, 5.74) is 9.17. The predicted octanol–water partition coefficient (Wildman–Crippen LogP) is 4.60. The van der Waals surface area contributed by atoms with Gasteiger partial charge in [-0.3, -0.25) is 9.69 Å². The van der Waals surface area contributed by atoms with Crippen molar-refractivity contribution in [2.45, 2.75) is 57.5 Å². The lowest BCUT2D eigenvalue weighted by atomic mass is 9.87. The van der Waals surface area contributed by atoms with Gasteiger partial charge in [0.15, 0.2) is 11.5 Å².